The van der Waals surface area contributed by atoms with Crippen molar-refractivity contribution in [1.82, 2.24) is 15.0 Å². The molecule has 0 bridgehead atoms. The number of aromatic nitrogens is 2. The number of rotatable bonds is 8. The second-order valence-electron chi connectivity index (χ2n) is 6.41. The number of aryl methyl sites for hydroxylation is 1. The molecule has 156 valence electrons. The van der Waals surface area contributed by atoms with Crippen LogP contribution in [0.3, 0.4) is 0 Å². The largest absolute Gasteiger partial charge is 0.493 e. The van der Waals surface area contributed by atoms with Crippen molar-refractivity contribution in [2.24, 2.45) is 5.10 Å². The second-order valence-corrected chi connectivity index (χ2v) is 7.27. The van der Waals surface area contributed by atoms with Gasteiger partial charge in [-0.3, -0.25) is 4.79 Å². The number of halogens is 1. The zero-order valence-electron chi connectivity index (χ0n) is 16.6. The Labute approximate surface area is 182 Å². The molecule has 0 spiro atoms. The number of nitrogens with two attached hydrogens (primary N) is 1. The summed E-state index contributed by atoms with van der Waals surface area (Å²) in [5.74, 6) is 0.972. The van der Waals surface area contributed by atoms with Crippen molar-refractivity contribution in [1.29, 1.82) is 0 Å². The molecule has 3 rings (SSSR count). The van der Waals surface area contributed by atoms with E-state index in [0.29, 0.717) is 28.5 Å². The Bertz CT molecular complexity index is 1050. The fourth-order valence-electron chi connectivity index (χ4n) is 2.66. The Morgan fingerprint density at radius 2 is 2.10 bits per heavy atom. The highest BCUT2D eigenvalue weighted by molar-refractivity contribution is 9.10. The Hall–Kier alpha value is -3.33. The van der Waals surface area contributed by atoms with Crippen molar-refractivity contribution in [3.8, 4) is 11.5 Å². The van der Waals surface area contributed by atoms with Crippen LogP contribution in [0.15, 0.2) is 58.2 Å². The average molecular weight is 472 g/mol. The van der Waals surface area contributed by atoms with Crippen molar-refractivity contribution >= 4 is 34.0 Å². The number of amides is 1. The predicted octanol–water partition coefficient (Wildman–Crippen LogP) is 3.12. The summed E-state index contributed by atoms with van der Waals surface area (Å²) in [7, 11) is 1.53. The summed E-state index contributed by atoms with van der Waals surface area (Å²) >= 11 is 3.47. The number of hydrogen-bond donors (Lipinski definition) is 2. The lowest BCUT2D eigenvalue weighted by molar-refractivity contribution is -0.123. The molecule has 2 aromatic carbocycles. The molecule has 1 amide bonds. The maximum Gasteiger partial charge on any atom is 0.258 e. The molecule has 8 nitrogen and oxygen atoms in total. The lowest BCUT2D eigenvalue weighted by atomic mass is 10.2. The summed E-state index contributed by atoms with van der Waals surface area (Å²) in [6.07, 6.45) is 3.35. The molecule has 1 aromatic heterocycles. The van der Waals surface area contributed by atoms with E-state index in [1.54, 1.807) is 18.5 Å². The van der Waals surface area contributed by atoms with Crippen molar-refractivity contribution in [2.45, 2.75) is 13.5 Å². The molecule has 0 atom stereocenters. The van der Waals surface area contributed by atoms with Gasteiger partial charge in [-0.25, -0.2) is 9.66 Å². The van der Waals surface area contributed by atoms with E-state index in [9.17, 15) is 4.79 Å². The van der Waals surface area contributed by atoms with Crippen LogP contribution >= 0.6 is 15.9 Å². The van der Waals surface area contributed by atoms with Gasteiger partial charge >= 0.3 is 0 Å². The number of carbonyl (C=O) groups excluding carboxylic acids is 1. The van der Waals surface area contributed by atoms with Gasteiger partial charge in [0, 0.05) is 6.54 Å². The summed E-state index contributed by atoms with van der Waals surface area (Å²) in [6, 6.07) is 13.2. The van der Waals surface area contributed by atoms with Gasteiger partial charge in [-0.15, -0.1) is 0 Å². The van der Waals surface area contributed by atoms with Crippen LogP contribution in [0.4, 0.5) is 5.95 Å². The molecule has 0 saturated heterocycles. The summed E-state index contributed by atoms with van der Waals surface area (Å²) in [4.78, 5) is 16.2. The Kier molecular flexibility index (Phi) is 7.08. The molecular formula is C21H22BrN5O3. The minimum absolute atomic E-state index is 0.139. The highest BCUT2D eigenvalue weighted by Crippen LogP contribution is 2.36. The molecule has 30 heavy (non-hydrogen) atoms. The maximum absolute atomic E-state index is 12.1. The van der Waals surface area contributed by atoms with E-state index in [0.717, 1.165) is 16.8 Å². The third-order valence-corrected chi connectivity index (χ3v) is 4.69. The zero-order valence-corrected chi connectivity index (χ0v) is 18.2. The highest BCUT2D eigenvalue weighted by atomic mass is 79.9. The van der Waals surface area contributed by atoms with Gasteiger partial charge in [0.05, 0.1) is 29.7 Å². The number of imidazole rings is 1. The van der Waals surface area contributed by atoms with Crippen LogP contribution in [-0.2, 0) is 11.3 Å². The van der Waals surface area contributed by atoms with Crippen LogP contribution in [0.2, 0.25) is 0 Å². The quantitative estimate of drug-likeness (QED) is 0.491. The molecule has 3 aromatic rings. The maximum atomic E-state index is 12.1. The molecule has 9 heteroatoms. The third kappa shape index (κ3) is 5.60. The van der Waals surface area contributed by atoms with Gasteiger partial charge in [0.25, 0.3) is 5.91 Å². The van der Waals surface area contributed by atoms with Crippen LogP contribution in [0.25, 0.3) is 0 Å². The first-order valence-corrected chi connectivity index (χ1v) is 9.92. The predicted molar refractivity (Wildman–Crippen MR) is 119 cm³/mol. The van der Waals surface area contributed by atoms with E-state index in [1.165, 1.54) is 11.8 Å². The molecular weight excluding hydrogens is 450 g/mol. The summed E-state index contributed by atoms with van der Waals surface area (Å²) in [5, 5.41) is 7.11. The number of nitrogen functional groups attached to an aromatic ring is 1. The summed E-state index contributed by atoms with van der Waals surface area (Å²) in [6.45, 7) is 2.14. The molecule has 0 aliphatic rings. The SMILES string of the molecule is COc1cc(C=Nn2cc(C)nc2N)cc(Br)c1OCC(=O)NCc1ccccc1. The fourth-order valence-corrected chi connectivity index (χ4v) is 3.24. The summed E-state index contributed by atoms with van der Waals surface area (Å²) < 4.78 is 13.2. The molecule has 0 aliphatic carbocycles. The first kappa shape index (κ1) is 21.4. The number of carbonyl (C=O) groups is 1. The minimum Gasteiger partial charge on any atom is -0.493 e. The molecule has 0 saturated carbocycles. The molecule has 1 heterocycles. The van der Waals surface area contributed by atoms with Gasteiger partial charge in [-0.05, 0) is 46.1 Å². The molecule has 0 radical (unpaired) electrons. The zero-order chi connectivity index (χ0) is 21.5. The van der Waals surface area contributed by atoms with Crippen LogP contribution in [-0.4, -0.2) is 35.5 Å². The normalized spacial score (nSPS) is 10.9. The van der Waals surface area contributed by atoms with Crippen LogP contribution < -0.4 is 20.5 Å². The second kappa shape index (κ2) is 9.93. The number of hydrogen-bond acceptors (Lipinski definition) is 6. The standard InChI is InChI=1S/C21H22BrN5O3/c1-14-12-27(21(23)26-14)25-11-16-8-17(22)20(18(9-16)29-2)30-13-19(28)24-10-15-6-4-3-5-7-15/h3-9,11-12H,10,13H2,1-2H3,(H2,23,26)(H,24,28). The van der Waals surface area contributed by atoms with Gasteiger partial charge in [0.1, 0.15) is 0 Å². The number of benzene rings is 2. The Morgan fingerprint density at radius 3 is 2.77 bits per heavy atom. The van der Waals surface area contributed by atoms with Crippen molar-refractivity contribution in [2.75, 3.05) is 19.5 Å². The Balaban J connectivity index is 1.65. The van der Waals surface area contributed by atoms with Crippen molar-refractivity contribution in [3.63, 3.8) is 0 Å². The van der Waals surface area contributed by atoms with E-state index in [-0.39, 0.29) is 12.5 Å². The Morgan fingerprint density at radius 1 is 1.33 bits per heavy atom. The monoisotopic (exact) mass is 471 g/mol. The lowest BCUT2D eigenvalue weighted by Gasteiger charge is -2.13. The number of anilines is 1. The van der Waals surface area contributed by atoms with Gasteiger partial charge < -0.3 is 20.5 Å². The van der Waals surface area contributed by atoms with Gasteiger partial charge in [0.15, 0.2) is 18.1 Å². The molecule has 0 fully saturated rings. The average Bonchev–Trinajstić information content (AvgIpc) is 3.07. The fraction of sp³-hybridized carbons (Fsp3) is 0.190. The number of nitrogens with one attached hydrogen (secondary N) is 1. The molecule has 0 aliphatic heterocycles. The van der Waals surface area contributed by atoms with Crippen LogP contribution in [0, 0.1) is 6.92 Å². The summed E-state index contributed by atoms with van der Waals surface area (Å²) in [5.41, 5.74) is 8.34. The van der Waals surface area contributed by atoms with Gasteiger partial charge in [0.2, 0.25) is 5.95 Å². The van der Waals surface area contributed by atoms with E-state index in [2.05, 4.69) is 31.3 Å². The smallest absolute Gasteiger partial charge is 0.258 e. The first-order chi connectivity index (χ1) is 14.5. The third-order valence-electron chi connectivity index (χ3n) is 4.10. The topological polar surface area (TPSA) is 104 Å². The highest BCUT2D eigenvalue weighted by Gasteiger charge is 2.13. The van der Waals surface area contributed by atoms with Crippen molar-refractivity contribution in [3.05, 3.63) is 70.0 Å². The van der Waals surface area contributed by atoms with Crippen LogP contribution in [0.5, 0.6) is 11.5 Å². The number of methoxy groups -OCH3 is 1. The van der Waals surface area contributed by atoms with E-state index in [4.69, 9.17) is 15.2 Å². The lowest BCUT2D eigenvalue weighted by Crippen LogP contribution is -2.28. The number of nitrogens with zero attached hydrogens (tertiary/aromatic N) is 3. The van der Waals surface area contributed by atoms with E-state index >= 15 is 0 Å². The van der Waals surface area contributed by atoms with E-state index in [1.807, 2.05) is 43.3 Å². The first-order valence-electron chi connectivity index (χ1n) is 9.13. The molecule has 3 N–H and O–H groups in total. The van der Waals surface area contributed by atoms with Gasteiger partial charge in [-0.1, -0.05) is 30.3 Å². The van der Waals surface area contributed by atoms with E-state index < -0.39 is 0 Å². The molecule has 0 unspecified atom stereocenters. The van der Waals surface area contributed by atoms with Crippen molar-refractivity contribution < 1.29 is 14.3 Å². The van der Waals surface area contributed by atoms with Crippen LogP contribution in [0.1, 0.15) is 16.8 Å². The number of ether oxygens (including phenoxy) is 2. The minimum atomic E-state index is -0.232. The van der Waals surface area contributed by atoms with Gasteiger partial charge in [-0.2, -0.15) is 5.10 Å².